The van der Waals surface area contributed by atoms with Gasteiger partial charge in [-0.05, 0) is 95.8 Å². The van der Waals surface area contributed by atoms with Gasteiger partial charge in [-0.2, -0.15) is 0 Å². The summed E-state index contributed by atoms with van der Waals surface area (Å²) in [6.07, 6.45) is 3.79. The first-order chi connectivity index (χ1) is 26.5. The quantitative estimate of drug-likeness (QED) is 0.0512. The first-order valence-corrected chi connectivity index (χ1v) is 16.9. The van der Waals surface area contributed by atoms with E-state index in [0.717, 1.165) is 5.56 Å². The second-order valence-corrected chi connectivity index (χ2v) is 11.8. The molecule has 0 unspecified atom stereocenters. The zero-order chi connectivity index (χ0) is 39.9. The van der Waals surface area contributed by atoms with Crippen LogP contribution >= 0.6 is 0 Å². The highest BCUT2D eigenvalue weighted by atomic mass is 16.6. The molecule has 0 heterocycles. The minimum absolute atomic E-state index is 0.0118. The molecular weight excluding hydrogens is 716 g/mol. The van der Waals surface area contributed by atoms with Crippen LogP contribution in [0.25, 0.3) is 12.2 Å². The number of benzene rings is 4. The molecule has 0 aliphatic rings. The van der Waals surface area contributed by atoms with Crippen molar-refractivity contribution in [3.05, 3.63) is 101 Å². The van der Waals surface area contributed by atoms with Gasteiger partial charge in [0.2, 0.25) is 5.75 Å². The van der Waals surface area contributed by atoms with Crippen LogP contribution in [0, 0.1) is 0 Å². The van der Waals surface area contributed by atoms with E-state index in [1.54, 1.807) is 42.5 Å². The second-order valence-electron chi connectivity index (χ2n) is 11.8. The van der Waals surface area contributed by atoms with Gasteiger partial charge in [-0.3, -0.25) is 0 Å². The molecule has 4 N–H and O–H groups in total. The molecule has 4 aromatic rings. The Morgan fingerprint density at radius 2 is 1.09 bits per heavy atom. The zero-order valence-corrected chi connectivity index (χ0v) is 31.0. The molecule has 4 aromatic carbocycles. The number of carbonyl (C=O) groups is 2. The van der Waals surface area contributed by atoms with Crippen molar-refractivity contribution in [1.29, 1.82) is 0 Å². The van der Waals surface area contributed by atoms with Gasteiger partial charge in [0, 0.05) is 12.2 Å². The number of esters is 2. The van der Waals surface area contributed by atoms with E-state index in [0.29, 0.717) is 29.5 Å². The fraction of sp³-hybridized carbons (Fsp3) is 0.268. The molecule has 0 spiro atoms. The van der Waals surface area contributed by atoms with Crippen molar-refractivity contribution in [2.75, 3.05) is 48.8 Å². The maximum absolute atomic E-state index is 12.8. The summed E-state index contributed by atoms with van der Waals surface area (Å²) in [6, 6.07) is 16.9. The molecule has 292 valence electrons. The van der Waals surface area contributed by atoms with Crippen molar-refractivity contribution in [3.63, 3.8) is 0 Å². The number of aryl methyl sites for hydroxylation is 1. The third kappa shape index (κ3) is 11.5. The number of aromatic hydroxyl groups is 3. The van der Waals surface area contributed by atoms with Crippen molar-refractivity contribution in [3.8, 4) is 51.7 Å². The Morgan fingerprint density at radius 1 is 0.618 bits per heavy atom. The summed E-state index contributed by atoms with van der Waals surface area (Å²) >= 11 is 0. The molecule has 0 amide bonds. The molecule has 0 saturated heterocycles. The highest BCUT2D eigenvalue weighted by Crippen LogP contribution is 2.41. The first-order valence-electron chi connectivity index (χ1n) is 16.9. The van der Waals surface area contributed by atoms with Crippen LogP contribution in [0.1, 0.15) is 34.8 Å². The summed E-state index contributed by atoms with van der Waals surface area (Å²) in [5, 5.41) is 41.2. The van der Waals surface area contributed by atoms with E-state index in [1.807, 2.05) is 0 Å². The molecule has 0 fully saturated rings. The number of hydrogen-bond donors (Lipinski definition) is 4. The second kappa shape index (κ2) is 20.1. The SMILES string of the molecule is COc1cc(/C=C/C(=O)OCCCc2cc(OC)c(O[C@@H](COC(=O)/C=C/c3ccc(O)c(OC)c3)[C@@H](O)c3ccc(O)c(OC)c3)c(OC)c2)ccc1O. The van der Waals surface area contributed by atoms with E-state index in [4.69, 9.17) is 37.9 Å². The molecule has 4 rings (SSSR count). The Balaban J connectivity index is 1.47. The van der Waals surface area contributed by atoms with Crippen LogP contribution in [-0.2, 0) is 25.5 Å². The molecule has 0 radical (unpaired) electrons. The molecule has 2 atom stereocenters. The number of ether oxygens (including phenoxy) is 8. The largest absolute Gasteiger partial charge is 0.504 e. The van der Waals surface area contributed by atoms with E-state index in [-0.39, 0.29) is 58.4 Å². The highest BCUT2D eigenvalue weighted by Gasteiger charge is 2.29. The highest BCUT2D eigenvalue weighted by molar-refractivity contribution is 5.87. The van der Waals surface area contributed by atoms with E-state index < -0.39 is 30.8 Å². The lowest BCUT2D eigenvalue weighted by atomic mass is 10.0. The van der Waals surface area contributed by atoms with E-state index in [2.05, 4.69) is 0 Å². The van der Waals surface area contributed by atoms with Crippen molar-refractivity contribution >= 4 is 24.1 Å². The molecule has 0 aromatic heterocycles. The number of aliphatic hydroxyl groups excluding tert-OH is 1. The Hall–Kier alpha value is -6.54. The summed E-state index contributed by atoms with van der Waals surface area (Å²) in [5.41, 5.74) is 2.27. The Morgan fingerprint density at radius 3 is 1.60 bits per heavy atom. The topological polar surface area (TPSA) is 189 Å². The maximum atomic E-state index is 12.8. The summed E-state index contributed by atoms with van der Waals surface area (Å²) in [5.74, 6) is -0.248. The zero-order valence-electron chi connectivity index (χ0n) is 31.0. The van der Waals surface area contributed by atoms with E-state index in [1.165, 1.54) is 84.1 Å². The molecular formula is C41H44O14. The van der Waals surface area contributed by atoms with Gasteiger partial charge in [0.25, 0.3) is 0 Å². The molecule has 14 heteroatoms. The summed E-state index contributed by atoms with van der Waals surface area (Å²) < 4.78 is 43.8. The predicted octanol–water partition coefficient (Wildman–Crippen LogP) is 5.77. The Bertz CT molecular complexity index is 1960. The number of phenols is 3. The van der Waals surface area contributed by atoms with Gasteiger partial charge in [-0.25, -0.2) is 9.59 Å². The van der Waals surface area contributed by atoms with Gasteiger partial charge in [0.15, 0.2) is 52.1 Å². The maximum Gasteiger partial charge on any atom is 0.330 e. The molecule has 55 heavy (non-hydrogen) atoms. The summed E-state index contributed by atoms with van der Waals surface area (Å²) in [6.45, 7) is -0.310. The molecule has 14 nitrogen and oxygen atoms in total. The van der Waals surface area contributed by atoms with Crippen molar-refractivity contribution in [2.45, 2.75) is 25.0 Å². The predicted molar refractivity (Wildman–Crippen MR) is 201 cm³/mol. The summed E-state index contributed by atoms with van der Waals surface area (Å²) in [4.78, 5) is 25.1. The van der Waals surface area contributed by atoms with Crippen LogP contribution in [0.3, 0.4) is 0 Å². The molecule has 0 aliphatic heterocycles. The Kier molecular flexibility index (Phi) is 15.0. The number of hydrogen-bond acceptors (Lipinski definition) is 14. The van der Waals surface area contributed by atoms with E-state index >= 15 is 0 Å². The number of methoxy groups -OCH3 is 5. The van der Waals surface area contributed by atoms with Gasteiger partial charge in [0.05, 0.1) is 42.2 Å². The minimum atomic E-state index is -1.40. The number of rotatable bonds is 19. The monoisotopic (exact) mass is 760 g/mol. The number of carbonyl (C=O) groups excluding carboxylic acids is 2. The fourth-order valence-corrected chi connectivity index (χ4v) is 5.26. The molecule has 0 bridgehead atoms. The average molecular weight is 761 g/mol. The third-order valence-electron chi connectivity index (χ3n) is 8.16. The summed E-state index contributed by atoms with van der Waals surface area (Å²) in [7, 11) is 7.07. The normalized spacial score (nSPS) is 12.2. The van der Waals surface area contributed by atoms with Crippen molar-refractivity contribution in [2.24, 2.45) is 0 Å². The van der Waals surface area contributed by atoms with Crippen LogP contribution in [-0.4, -0.2) is 87.2 Å². The van der Waals surface area contributed by atoms with Crippen LogP contribution in [0.4, 0.5) is 0 Å². The lowest BCUT2D eigenvalue weighted by Crippen LogP contribution is -2.31. The van der Waals surface area contributed by atoms with Gasteiger partial charge in [0.1, 0.15) is 12.7 Å². The van der Waals surface area contributed by atoms with Gasteiger partial charge in [-0.15, -0.1) is 0 Å². The van der Waals surface area contributed by atoms with Gasteiger partial charge >= 0.3 is 11.9 Å². The standard InChI is InChI=1S/C41H44O14/c1-48-32-19-25(8-13-29(32)42)10-16-38(45)53-18-6-7-27-21-35(51-4)41(36(22-27)52-5)55-37(40(47)28-12-15-31(44)34(23-28)50-3)24-54-39(46)17-11-26-9-14-30(43)33(20-26)49-2/h8-17,19-23,37,40,42-44,47H,6-7,18,24H2,1-5H3/b16-10+,17-11+/t37-,40-/m0/s1. The van der Waals surface area contributed by atoms with Crippen LogP contribution in [0.15, 0.2) is 78.9 Å². The number of aliphatic hydroxyl groups is 1. The molecule has 0 aliphatic carbocycles. The molecule has 0 saturated carbocycles. The van der Waals surface area contributed by atoms with E-state index in [9.17, 15) is 30.0 Å². The average Bonchev–Trinajstić information content (AvgIpc) is 3.20. The van der Waals surface area contributed by atoms with Crippen molar-refractivity contribution < 1.29 is 67.9 Å². The van der Waals surface area contributed by atoms with Crippen molar-refractivity contribution in [1.82, 2.24) is 0 Å². The fourth-order valence-electron chi connectivity index (χ4n) is 5.26. The minimum Gasteiger partial charge on any atom is -0.504 e. The van der Waals surface area contributed by atoms with Gasteiger partial charge in [-0.1, -0.05) is 18.2 Å². The van der Waals surface area contributed by atoms with Gasteiger partial charge < -0.3 is 58.3 Å². The third-order valence-corrected chi connectivity index (χ3v) is 8.16. The van der Waals surface area contributed by atoms with Crippen LogP contribution in [0.2, 0.25) is 0 Å². The number of phenolic OH excluding ortho intramolecular Hbond substituents is 3. The lowest BCUT2D eigenvalue weighted by molar-refractivity contribution is -0.142. The van der Waals surface area contributed by atoms with Crippen LogP contribution in [0.5, 0.6) is 51.7 Å². The first kappa shape index (κ1) is 41.2. The van der Waals surface area contributed by atoms with Crippen LogP contribution < -0.4 is 28.4 Å². The lowest BCUT2D eigenvalue weighted by Gasteiger charge is -2.26. The smallest absolute Gasteiger partial charge is 0.330 e. The Labute approximate surface area is 318 Å².